The molecule has 0 heterocycles. The summed E-state index contributed by atoms with van der Waals surface area (Å²) >= 11 is 3.41. The lowest BCUT2D eigenvalue weighted by Crippen LogP contribution is -2.14. The largest absolute Gasteiger partial charge is 0.382 e. The van der Waals surface area contributed by atoms with Crippen LogP contribution in [0.4, 0.5) is 5.69 Å². The minimum atomic E-state index is 0.589. The quantitative estimate of drug-likeness (QED) is 0.885. The summed E-state index contributed by atoms with van der Waals surface area (Å²) in [5.74, 6) is 0. The maximum absolute atomic E-state index is 8.85. The minimum Gasteiger partial charge on any atom is -0.382 e. The lowest BCUT2D eigenvalue weighted by atomic mass is 10.2. The van der Waals surface area contributed by atoms with Crippen molar-refractivity contribution >= 4 is 21.6 Å². The highest BCUT2D eigenvalue weighted by Gasteiger charge is 2.14. The van der Waals surface area contributed by atoms with Gasteiger partial charge in [-0.2, -0.15) is 5.26 Å². The van der Waals surface area contributed by atoms with Crippen LogP contribution in [-0.2, 0) is 0 Å². The van der Waals surface area contributed by atoms with Crippen LogP contribution in [0.3, 0.4) is 0 Å². The van der Waals surface area contributed by atoms with Gasteiger partial charge in [-0.1, -0.05) is 28.8 Å². The number of nitriles is 1. The van der Waals surface area contributed by atoms with E-state index in [9.17, 15) is 0 Å². The average molecular weight is 265 g/mol. The summed E-state index contributed by atoms with van der Waals surface area (Å²) in [6, 6.07) is 8.52. The molecule has 0 aromatic heterocycles. The van der Waals surface area contributed by atoms with Crippen LogP contribution in [0.1, 0.15) is 31.2 Å². The molecular weight excluding hydrogens is 252 g/mol. The second kappa shape index (κ2) is 4.67. The van der Waals surface area contributed by atoms with Gasteiger partial charge in [0.05, 0.1) is 11.6 Å². The Morgan fingerprint density at radius 2 is 2.00 bits per heavy atom. The second-order valence-electron chi connectivity index (χ2n) is 3.97. The van der Waals surface area contributed by atoms with Crippen LogP contribution < -0.4 is 5.32 Å². The monoisotopic (exact) mass is 264 g/mol. The van der Waals surface area contributed by atoms with Crippen molar-refractivity contribution in [2.45, 2.75) is 31.7 Å². The first-order valence-corrected chi connectivity index (χ1v) is 6.04. The first-order valence-electron chi connectivity index (χ1n) is 5.25. The summed E-state index contributed by atoms with van der Waals surface area (Å²) < 4.78 is 0.960. The molecule has 0 atom stereocenters. The van der Waals surface area contributed by atoms with E-state index in [4.69, 9.17) is 5.26 Å². The standard InChI is InChI=1S/C12H13BrN2/c13-10-5-9(8-14)6-12(7-10)15-11-3-1-2-4-11/h5-7,11,15H,1-4H2. The van der Waals surface area contributed by atoms with E-state index in [1.165, 1.54) is 25.7 Å². The third-order valence-electron chi connectivity index (χ3n) is 2.75. The molecule has 0 unspecified atom stereocenters. The first-order chi connectivity index (χ1) is 7.28. The van der Waals surface area contributed by atoms with E-state index in [0.717, 1.165) is 10.2 Å². The molecule has 1 aromatic carbocycles. The van der Waals surface area contributed by atoms with Crippen molar-refractivity contribution in [1.29, 1.82) is 5.26 Å². The Morgan fingerprint density at radius 1 is 1.27 bits per heavy atom. The maximum atomic E-state index is 8.85. The fraction of sp³-hybridized carbons (Fsp3) is 0.417. The molecule has 15 heavy (non-hydrogen) atoms. The van der Waals surface area contributed by atoms with Crippen LogP contribution in [-0.4, -0.2) is 6.04 Å². The van der Waals surface area contributed by atoms with Gasteiger partial charge < -0.3 is 5.32 Å². The van der Waals surface area contributed by atoms with E-state index in [1.807, 2.05) is 18.2 Å². The van der Waals surface area contributed by atoms with Gasteiger partial charge in [0.1, 0.15) is 0 Å². The Labute approximate surface area is 98.4 Å². The van der Waals surface area contributed by atoms with Gasteiger partial charge in [0.2, 0.25) is 0 Å². The molecule has 1 N–H and O–H groups in total. The number of nitrogens with one attached hydrogen (secondary N) is 1. The molecule has 2 nitrogen and oxygen atoms in total. The Hall–Kier alpha value is -1.01. The van der Waals surface area contributed by atoms with E-state index in [2.05, 4.69) is 27.3 Å². The van der Waals surface area contributed by atoms with Crippen molar-refractivity contribution in [1.82, 2.24) is 0 Å². The predicted octanol–water partition coefficient (Wildman–Crippen LogP) is 3.68. The van der Waals surface area contributed by atoms with Gasteiger partial charge in [0.25, 0.3) is 0 Å². The van der Waals surface area contributed by atoms with Crippen LogP contribution in [0.25, 0.3) is 0 Å². The number of hydrogen-bond acceptors (Lipinski definition) is 2. The van der Waals surface area contributed by atoms with Gasteiger partial charge in [-0.3, -0.25) is 0 Å². The zero-order chi connectivity index (χ0) is 10.7. The topological polar surface area (TPSA) is 35.8 Å². The van der Waals surface area contributed by atoms with Crippen molar-refractivity contribution in [3.63, 3.8) is 0 Å². The molecule has 1 saturated carbocycles. The molecule has 3 heteroatoms. The van der Waals surface area contributed by atoms with E-state index in [1.54, 1.807) is 0 Å². The van der Waals surface area contributed by atoms with E-state index in [-0.39, 0.29) is 0 Å². The van der Waals surface area contributed by atoms with Gasteiger partial charge in [-0.05, 0) is 31.0 Å². The molecule has 0 aliphatic heterocycles. The molecular formula is C12H13BrN2. The lowest BCUT2D eigenvalue weighted by Gasteiger charge is -2.13. The molecule has 1 aliphatic carbocycles. The van der Waals surface area contributed by atoms with Crippen LogP contribution >= 0.6 is 15.9 Å². The molecule has 78 valence electrons. The van der Waals surface area contributed by atoms with Gasteiger partial charge in [-0.25, -0.2) is 0 Å². The molecule has 0 amide bonds. The molecule has 1 fully saturated rings. The highest BCUT2D eigenvalue weighted by Crippen LogP contribution is 2.25. The molecule has 0 saturated heterocycles. The number of nitrogens with zero attached hydrogens (tertiary/aromatic N) is 1. The van der Waals surface area contributed by atoms with Crippen molar-refractivity contribution in [3.8, 4) is 6.07 Å². The number of halogens is 1. The van der Waals surface area contributed by atoms with Crippen molar-refractivity contribution in [3.05, 3.63) is 28.2 Å². The fourth-order valence-electron chi connectivity index (χ4n) is 2.04. The number of benzene rings is 1. The van der Waals surface area contributed by atoms with Gasteiger partial charge >= 0.3 is 0 Å². The molecule has 2 rings (SSSR count). The van der Waals surface area contributed by atoms with Gasteiger partial charge in [0, 0.05) is 16.2 Å². The lowest BCUT2D eigenvalue weighted by molar-refractivity contribution is 0.755. The molecule has 0 bridgehead atoms. The zero-order valence-corrected chi connectivity index (χ0v) is 10.0. The highest BCUT2D eigenvalue weighted by atomic mass is 79.9. The van der Waals surface area contributed by atoms with Crippen molar-refractivity contribution < 1.29 is 0 Å². The van der Waals surface area contributed by atoms with Crippen LogP contribution in [0.2, 0.25) is 0 Å². The third-order valence-corrected chi connectivity index (χ3v) is 3.21. The Bertz CT molecular complexity index is 389. The summed E-state index contributed by atoms with van der Waals surface area (Å²) in [7, 11) is 0. The Balaban J connectivity index is 2.13. The summed E-state index contributed by atoms with van der Waals surface area (Å²) in [6.07, 6.45) is 5.12. The summed E-state index contributed by atoms with van der Waals surface area (Å²) in [5, 5.41) is 12.3. The van der Waals surface area contributed by atoms with Crippen molar-refractivity contribution in [2.24, 2.45) is 0 Å². The van der Waals surface area contributed by atoms with E-state index in [0.29, 0.717) is 11.6 Å². The van der Waals surface area contributed by atoms with E-state index < -0.39 is 0 Å². The smallest absolute Gasteiger partial charge is 0.0992 e. The maximum Gasteiger partial charge on any atom is 0.0992 e. The second-order valence-corrected chi connectivity index (χ2v) is 4.88. The summed E-state index contributed by atoms with van der Waals surface area (Å²) in [4.78, 5) is 0. The Morgan fingerprint density at radius 3 is 2.67 bits per heavy atom. The van der Waals surface area contributed by atoms with Gasteiger partial charge in [-0.15, -0.1) is 0 Å². The fourth-order valence-corrected chi connectivity index (χ4v) is 2.54. The van der Waals surface area contributed by atoms with Crippen LogP contribution in [0.15, 0.2) is 22.7 Å². The molecule has 1 aromatic rings. The van der Waals surface area contributed by atoms with E-state index >= 15 is 0 Å². The number of anilines is 1. The SMILES string of the molecule is N#Cc1cc(Br)cc(NC2CCCC2)c1. The number of hydrogen-bond donors (Lipinski definition) is 1. The zero-order valence-electron chi connectivity index (χ0n) is 8.46. The van der Waals surface area contributed by atoms with Crippen LogP contribution in [0.5, 0.6) is 0 Å². The molecule has 1 aliphatic rings. The third kappa shape index (κ3) is 2.73. The van der Waals surface area contributed by atoms with Gasteiger partial charge in [0.15, 0.2) is 0 Å². The minimum absolute atomic E-state index is 0.589. The first kappa shape index (κ1) is 10.5. The van der Waals surface area contributed by atoms with Crippen molar-refractivity contribution in [2.75, 3.05) is 5.32 Å². The molecule has 0 spiro atoms. The highest BCUT2D eigenvalue weighted by molar-refractivity contribution is 9.10. The Kier molecular flexibility index (Phi) is 3.27. The predicted molar refractivity (Wildman–Crippen MR) is 64.7 cm³/mol. The molecule has 0 radical (unpaired) electrons. The normalized spacial score (nSPS) is 16.3. The number of rotatable bonds is 2. The van der Waals surface area contributed by atoms with Crippen LogP contribution in [0, 0.1) is 11.3 Å². The summed E-state index contributed by atoms with van der Waals surface area (Å²) in [6.45, 7) is 0. The summed E-state index contributed by atoms with van der Waals surface area (Å²) in [5.41, 5.74) is 1.75. The average Bonchev–Trinajstić information content (AvgIpc) is 2.69.